The minimum absolute atomic E-state index is 0.143. The summed E-state index contributed by atoms with van der Waals surface area (Å²) in [5.41, 5.74) is 6.78. The zero-order valence-electron chi connectivity index (χ0n) is 8.84. The molecule has 2 amide bonds. The zero-order chi connectivity index (χ0) is 12.9. The third-order valence-corrected chi connectivity index (χ3v) is 1.88. The Morgan fingerprint density at radius 1 is 1.18 bits per heavy atom. The number of alkyl halides is 3. The number of halogens is 3. The number of carbonyl (C=O) groups is 1. The molecule has 7 heteroatoms. The van der Waals surface area contributed by atoms with Gasteiger partial charge in [-0.1, -0.05) is 12.1 Å². The first-order chi connectivity index (χ1) is 7.87. The molecule has 0 aromatic heterocycles. The average molecular weight is 247 g/mol. The summed E-state index contributed by atoms with van der Waals surface area (Å²) in [6.07, 6.45) is -4.40. The quantitative estimate of drug-likeness (QED) is 0.711. The second kappa shape index (κ2) is 5.42. The van der Waals surface area contributed by atoms with Gasteiger partial charge in [-0.25, -0.2) is 4.79 Å². The highest BCUT2D eigenvalue weighted by Crippen LogP contribution is 2.12. The van der Waals surface area contributed by atoms with Crippen LogP contribution in [-0.2, 0) is 6.54 Å². The van der Waals surface area contributed by atoms with E-state index in [1.807, 2.05) is 0 Å². The monoisotopic (exact) mass is 247 g/mol. The first kappa shape index (κ1) is 13.1. The van der Waals surface area contributed by atoms with E-state index in [2.05, 4.69) is 5.32 Å². The van der Waals surface area contributed by atoms with Gasteiger partial charge in [-0.05, 0) is 17.7 Å². The molecular formula is C10H12F3N3O. The van der Waals surface area contributed by atoms with Gasteiger partial charge in [0.2, 0.25) is 0 Å². The molecule has 0 aliphatic heterocycles. The second-order valence-electron chi connectivity index (χ2n) is 3.39. The molecule has 94 valence electrons. The fourth-order valence-electron chi connectivity index (χ4n) is 1.06. The summed E-state index contributed by atoms with van der Waals surface area (Å²) in [6, 6.07) is 5.78. The van der Waals surface area contributed by atoms with E-state index in [9.17, 15) is 18.0 Å². The van der Waals surface area contributed by atoms with E-state index in [0.29, 0.717) is 5.69 Å². The van der Waals surface area contributed by atoms with Crippen LogP contribution in [0.5, 0.6) is 0 Å². The Bertz CT molecular complexity index is 375. The maximum atomic E-state index is 11.8. The summed E-state index contributed by atoms with van der Waals surface area (Å²) in [5, 5.41) is 4.00. The number of amides is 2. The average Bonchev–Trinajstić information content (AvgIpc) is 2.25. The Labute approximate surface area is 96.0 Å². The molecule has 0 saturated heterocycles. The molecule has 17 heavy (non-hydrogen) atoms. The van der Waals surface area contributed by atoms with E-state index in [-0.39, 0.29) is 6.54 Å². The molecule has 0 fully saturated rings. The lowest BCUT2D eigenvalue weighted by Gasteiger charge is -2.09. The topological polar surface area (TPSA) is 67.1 Å². The minimum atomic E-state index is -4.40. The number of urea groups is 1. The number of nitrogens with two attached hydrogens (primary N) is 1. The van der Waals surface area contributed by atoms with Gasteiger partial charge in [-0.3, -0.25) is 0 Å². The number of carbonyl (C=O) groups excluding carboxylic acids is 1. The number of rotatable bonds is 3. The number of benzene rings is 1. The van der Waals surface area contributed by atoms with Crippen LogP contribution in [0.4, 0.5) is 23.7 Å². The van der Waals surface area contributed by atoms with E-state index in [0.717, 1.165) is 5.56 Å². The largest absolute Gasteiger partial charge is 0.405 e. The molecule has 0 saturated carbocycles. The molecule has 0 spiro atoms. The van der Waals surface area contributed by atoms with E-state index < -0.39 is 18.8 Å². The smallest absolute Gasteiger partial charge is 0.399 e. The molecule has 4 nitrogen and oxygen atoms in total. The molecule has 0 heterocycles. The number of hydrogen-bond acceptors (Lipinski definition) is 2. The molecule has 1 rings (SSSR count). The fourth-order valence-corrected chi connectivity index (χ4v) is 1.06. The molecule has 4 N–H and O–H groups in total. The lowest BCUT2D eigenvalue weighted by molar-refractivity contribution is -0.122. The van der Waals surface area contributed by atoms with Gasteiger partial charge in [-0.2, -0.15) is 13.2 Å². The van der Waals surface area contributed by atoms with Crippen LogP contribution in [0.25, 0.3) is 0 Å². The van der Waals surface area contributed by atoms with E-state index in [4.69, 9.17) is 5.73 Å². The van der Waals surface area contributed by atoms with Gasteiger partial charge in [0.15, 0.2) is 0 Å². The third kappa shape index (κ3) is 5.64. The van der Waals surface area contributed by atoms with Gasteiger partial charge in [0.25, 0.3) is 0 Å². The van der Waals surface area contributed by atoms with E-state index in [1.165, 1.54) is 0 Å². The zero-order valence-corrected chi connectivity index (χ0v) is 8.84. The van der Waals surface area contributed by atoms with Crippen LogP contribution in [0.3, 0.4) is 0 Å². The summed E-state index contributed by atoms with van der Waals surface area (Å²) in [4.78, 5) is 11.0. The second-order valence-corrected chi connectivity index (χ2v) is 3.39. The van der Waals surface area contributed by atoms with Crippen LogP contribution >= 0.6 is 0 Å². The molecule has 0 bridgehead atoms. The van der Waals surface area contributed by atoms with Crippen molar-refractivity contribution in [1.82, 2.24) is 10.6 Å². The molecule has 1 aromatic carbocycles. The van der Waals surface area contributed by atoms with Gasteiger partial charge in [0.1, 0.15) is 6.54 Å². The van der Waals surface area contributed by atoms with Crippen molar-refractivity contribution in [1.29, 1.82) is 0 Å². The molecule has 0 aliphatic carbocycles. The summed E-state index contributed by atoms with van der Waals surface area (Å²) >= 11 is 0. The van der Waals surface area contributed by atoms with Crippen LogP contribution < -0.4 is 16.4 Å². The van der Waals surface area contributed by atoms with Crippen LogP contribution in [0.1, 0.15) is 5.56 Å². The molecule has 0 radical (unpaired) electrons. The maximum Gasteiger partial charge on any atom is 0.405 e. The van der Waals surface area contributed by atoms with Crippen LogP contribution in [0.15, 0.2) is 24.3 Å². The molecule has 0 unspecified atom stereocenters. The summed E-state index contributed by atoms with van der Waals surface area (Å²) in [7, 11) is 0. The SMILES string of the molecule is Nc1ccc(CNC(=O)NCC(F)(F)F)cc1. The van der Waals surface area contributed by atoms with Gasteiger partial charge >= 0.3 is 12.2 Å². The van der Waals surface area contributed by atoms with Crippen molar-refractivity contribution in [3.63, 3.8) is 0 Å². The Balaban J connectivity index is 2.31. The molecular weight excluding hydrogens is 235 g/mol. The van der Waals surface area contributed by atoms with Crippen molar-refractivity contribution in [2.24, 2.45) is 0 Å². The highest BCUT2D eigenvalue weighted by atomic mass is 19.4. The Morgan fingerprint density at radius 2 is 1.76 bits per heavy atom. The Hall–Kier alpha value is -1.92. The lowest BCUT2D eigenvalue weighted by Crippen LogP contribution is -2.40. The Morgan fingerprint density at radius 3 is 2.29 bits per heavy atom. The van der Waals surface area contributed by atoms with Crippen molar-refractivity contribution >= 4 is 11.7 Å². The van der Waals surface area contributed by atoms with Gasteiger partial charge < -0.3 is 16.4 Å². The van der Waals surface area contributed by atoms with Crippen molar-refractivity contribution in [3.8, 4) is 0 Å². The van der Waals surface area contributed by atoms with Crippen molar-refractivity contribution in [3.05, 3.63) is 29.8 Å². The van der Waals surface area contributed by atoms with Gasteiger partial charge in [0, 0.05) is 12.2 Å². The van der Waals surface area contributed by atoms with Crippen molar-refractivity contribution in [2.45, 2.75) is 12.7 Å². The number of anilines is 1. The molecule has 0 aliphatic rings. The van der Waals surface area contributed by atoms with Crippen LogP contribution in [0, 0.1) is 0 Å². The highest BCUT2D eigenvalue weighted by molar-refractivity contribution is 5.73. The number of hydrogen-bond donors (Lipinski definition) is 3. The molecule has 0 atom stereocenters. The van der Waals surface area contributed by atoms with Crippen LogP contribution in [-0.4, -0.2) is 18.8 Å². The minimum Gasteiger partial charge on any atom is -0.399 e. The highest BCUT2D eigenvalue weighted by Gasteiger charge is 2.27. The number of nitrogen functional groups attached to an aromatic ring is 1. The van der Waals surface area contributed by atoms with Crippen molar-refractivity contribution in [2.75, 3.05) is 12.3 Å². The number of nitrogens with one attached hydrogen (secondary N) is 2. The normalized spacial score (nSPS) is 11.0. The third-order valence-electron chi connectivity index (χ3n) is 1.88. The Kier molecular flexibility index (Phi) is 4.19. The van der Waals surface area contributed by atoms with Crippen LogP contribution in [0.2, 0.25) is 0 Å². The summed E-state index contributed by atoms with van der Waals surface area (Å²) in [6.45, 7) is -1.20. The predicted octanol–water partition coefficient (Wildman–Crippen LogP) is 1.63. The summed E-state index contributed by atoms with van der Waals surface area (Å²) < 4.78 is 35.3. The van der Waals surface area contributed by atoms with Gasteiger partial charge in [-0.15, -0.1) is 0 Å². The summed E-state index contributed by atoms with van der Waals surface area (Å²) in [5.74, 6) is 0. The first-order valence-corrected chi connectivity index (χ1v) is 4.80. The predicted molar refractivity (Wildman–Crippen MR) is 57.1 cm³/mol. The van der Waals surface area contributed by atoms with Gasteiger partial charge in [0.05, 0.1) is 0 Å². The van der Waals surface area contributed by atoms with Crippen molar-refractivity contribution < 1.29 is 18.0 Å². The standard InChI is InChI=1S/C10H12F3N3O/c11-10(12,13)6-16-9(17)15-5-7-1-3-8(14)4-2-7/h1-4H,5-6,14H2,(H2,15,16,17). The first-order valence-electron chi connectivity index (χ1n) is 4.80. The van der Waals surface area contributed by atoms with E-state index in [1.54, 1.807) is 29.6 Å². The fraction of sp³-hybridized carbons (Fsp3) is 0.300. The maximum absolute atomic E-state index is 11.8. The molecule has 1 aromatic rings. The van der Waals surface area contributed by atoms with E-state index >= 15 is 0 Å². The lowest BCUT2D eigenvalue weighted by atomic mass is 10.2.